The number of hydrogen-bond acceptors (Lipinski definition) is 10. The monoisotopic (exact) mass is 757 g/mol. The van der Waals surface area contributed by atoms with Gasteiger partial charge < -0.3 is 14.2 Å². The van der Waals surface area contributed by atoms with Crippen LogP contribution in [-0.4, -0.2) is 77.2 Å². The fourth-order valence-electron chi connectivity index (χ4n) is 8.96. The minimum Gasteiger partial charge on any atom is -0.441 e. The molecule has 1 aromatic heterocycles. The average Bonchev–Trinajstić information content (AvgIpc) is 3.87. The van der Waals surface area contributed by atoms with E-state index in [1.807, 2.05) is 24.3 Å². The predicted octanol–water partition coefficient (Wildman–Crippen LogP) is 5.49. The summed E-state index contributed by atoms with van der Waals surface area (Å²) in [7, 11) is 2.06. The number of oxazole rings is 1. The van der Waals surface area contributed by atoms with Crippen molar-refractivity contribution in [2.24, 2.45) is 5.92 Å². The first-order chi connectivity index (χ1) is 26.6. The van der Waals surface area contributed by atoms with E-state index in [0.717, 1.165) is 104 Å². The van der Waals surface area contributed by atoms with Crippen molar-refractivity contribution < 1.29 is 23.6 Å². The van der Waals surface area contributed by atoms with Crippen LogP contribution in [0.5, 0.6) is 0 Å². The van der Waals surface area contributed by atoms with E-state index in [2.05, 4.69) is 57.4 Å². The van der Waals surface area contributed by atoms with E-state index < -0.39 is 23.8 Å². The third-order valence-corrected chi connectivity index (χ3v) is 12.4. The van der Waals surface area contributed by atoms with Crippen LogP contribution in [0, 0.1) is 17.2 Å². The molecule has 0 radical (unpaired) electrons. The Morgan fingerprint density at radius 1 is 0.927 bits per heavy atom. The van der Waals surface area contributed by atoms with E-state index in [-0.39, 0.29) is 24.8 Å². The van der Waals surface area contributed by atoms with Gasteiger partial charge in [-0.3, -0.25) is 34.3 Å². The van der Waals surface area contributed by atoms with Gasteiger partial charge in [-0.25, -0.2) is 4.98 Å². The van der Waals surface area contributed by atoms with Gasteiger partial charge in [0.1, 0.15) is 17.9 Å². The van der Waals surface area contributed by atoms with E-state index in [1.165, 1.54) is 5.69 Å². The van der Waals surface area contributed by atoms with Gasteiger partial charge in [-0.05, 0) is 97.3 Å². The van der Waals surface area contributed by atoms with Crippen LogP contribution >= 0.6 is 11.6 Å². The van der Waals surface area contributed by atoms with Crippen LogP contribution in [0.4, 0.5) is 11.4 Å². The number of fused-ring (bicyclic) bond motifs is 3. The highest BCUT2D eigenvalue weighted by molar-refractivity contribution is 6.32. The molecule has 2 saturated heterocycles. The number of aryl methyl sites for hydroxylation is 1. The zero-order valence-corrected chi connectivity index (χ0v) is 31.3. The Labute approximate surface area is 323 Å². The van der Waals surface area contributed by atoms with Crippen LogP contribution in [0.2, 0.25) is 5.02 Å². The van der Waals surface area contributed by atoms with Crippen molar-refractivity contribution in [2.75, 3.05) is 36.5 Å². The summed E-state index contributed by atoms with van der Waals surface area (Å²) in [5.74, 6) is 0.251. The summed E-state index contributed by atoms with van der Waals surface area (Å²) < 4.78 is 6.27. The molecular formula is C42H40ClN7O5. The SMILES string of the molecule is CN(c1ccc(C#N)c(Cl)c1)[C@@H]1CCc2oc(-c3ccc(N4CCC(CN5Cc6cc7c(cc6C5)C(=O)N(C5CCC(=O)NC5=O)C7=O)CC4)cc3)nc2C1. The number of imide groups is 2. The third-order valence-electron chi connectivity index (χ3n) is 12.1. The Morgan fingerprint density at radius 2 is 1.64 bits per heavy atom. The topological polar surface area (TPSA) is 143 Å². The molecule has 0 spiro atoms. The maximum atomic E-state index is 13.3. The number of benzene rings is 3. The molecule has 1 aliphatic carbocycles. The molecule has 2 atom stereocenters. The summed E-state index contributed by atoms with van der Waals surface area (Å²) in [6, 6.07) is 19.1. The molecule has 2 fully saturated rings. The number of piperidine rings is 2. The Kier molecular flexibility index (Phi) is 8.94. The molecule has 55 heavy (non-hydrogen) atoms. The van der Waals surface area contributed by atoms with Gasteiger partial charge in [-0.2, -0.15) is 5.26 Å². The summed E-state index contributed by atoms with van der Waals surface area (Å²) >= 11 is 6.31. The number of hydrogen-bond donors (Lipinski definition) is 1. The normalized spacial score (nSPS) is 21.3. The van der Waals surface area contributed by atoms with Gasteiger partial charge in [-0.15, -0.1) is 0 Å². The molecule has 4 amide bonds. The fraction of sp³-hybridized carbons (Fsp3) is 0.381. The van der Waals surface area contributed by atoms with Gasteiger partial charge >= 0.3 is 0 Å². The maximum absolute atomic E-state index is 13.3. The highest BCUT2D eigenvalue weighted by atomic mass is 35.5. The lowest BCUT2D eigenvalue weighted by atomic mass is 9.95. The number of rotatable bonds is 7. The second-order valence-electron chi connectivity index (χ2n) is 15.4. The number of nitrogens with zero attached hydrogens (tertiary/aromatic N) is 6. The second-order valence-corrected chi connectivity index (χ2v) is 15.8. The van der Waals surface area contributed by atoms with Gasteiger partial charge in [0.05, 0.1) is 27.4 Å². The van der Waals surface area contributed by atoms with Crippen molar-refractivity contribution >= 4 is 46.6 Å². The molecule has 1 unspecified atom stereocenters. The third kappa shape index (κ3) is 6.45. The molecule has 0 bridgehead atoms. The number of likely N-dealkylation sites (N-methyl/N-ethyl adjacent to an activating group) is 1. The van der Waals surface area contributed by atoms with E-state index in [1.54, 1.807) is 6.07 Å². The van der Waals surface area contributed by atoms with Crippen molar-refractivity contribution in [1.29, 1.82) is 5.26 Å². The van der Waals surface area contributed by atoms with Gasteiger partial charge in [0.15, 0.2) is 0 Å². The molecule has 280 valence electrons. The van der Waals surface area contributed by atoms with E-state index in [0.29, 0.717) is 33.5 Å². The maximum Gasteiger partial charge on any atom is 0.262 e. The van der Waals surface area contributed by atoms with Crippen LogP contribution < -0.4 is 15.1 Å². The van der Waals surface area contributed by atoms with Crippen LogP contribution in [-0.2, 0) is 35.5 Å². The first kappa shape index (κ1) is 35.2. The number of aromatic nitrogens is 1. The lowest BCUT2D eigenvalue weighted by Gasteiger charge is -2.35. The quantitative estimate of drug-likeness (QED) is 0.241. The van der Waals surface area contributed by atoms with Crippen molar-refractivity contribution in [3.05, 3.63) is 98.9 Å². The predicted molar refractivity (Wildman–Crippen MR) is 204 cm³/mol. The molecular weight excluding hydrogens is 718 g/mol. The van der Waals surface area contributed by atoms with Crippen LogP contribution in [0.3, 0.4) is 0 Å². The minimum absolute atomic E-state index is 0.104. The van der Waals surface area contributed by atoms with Gasteiger partial charge in [0, 0.05) is 82.0 Å². The highest BCUT2D eigenvalue weighted by Crippen LogP contribution is 2.36. The number of halogens is 1. The zero-order chi connectivity index (χ0) is 38.0. The Morgan fingerprint density at radius 3 is 2.29 bits per heavy atom. The number of carbonyl (C=O) groups is 4. The van der Waals surface area contributed by atoms with Crippen molar-refractivity contribution in [3.63, 3.8) is 0 Å². The fourth-order valence-corrected chi connectivity index (χ4v) is 9.18. The molecule has 1 N–H and O–H groups in total. The van der Waals surface area contributed by atoms with Gasteiger partial charge in [0.25, 0.3) is 11.8 Å². The number of amides is 4. The Bertz CT molecular complexity index is 2240. The zero-order valence-electron chi connectivity index (χ0n) is 30.5. The lowest BCUT2D eigenvalue weighted by Crippen LogP contribution is -2.54. The number of carbonyl (C=O) groups excluding carboxylic acids is 4. The largest absolute Gasteiger partial charge is 0.441 e. The second kappa shape index (κ2) is 14.0. The molecule has 0 saturated carbocycles. The van der Waals surface area contributed by atoms with E-state index >= 15 is 0 Å². The molecule has 9 rings (SSSR count). The van der Waals surface area contributed by atoms with E-state index in [4.69, 9.17) is 21.0 Å². The van der Waals surface area contributed by atoms with E-state index in [9.17, 15) is 24.4 Å². The average molecular weight is 758 g/mol. The number of anilines is 2. The van der Waals surface area contributed by atoms with Crippen molar-refractivity contribution in [3.8, 4) is 17.5 Å². The molecule has 3 aromatic carbocycles. The summed E-state index contributed by atoms with van der Waals surface area (Å²) in [5.41, 5.74) is 7.39. The summed E-state index contributed by atoms with van der Waals surface area (Å²) in [4.78, 5) is 63.7. The first-order valence-electron chi connectivity index (χ1n) is 19.0. The summed E-state index contributed by atoms with van der Waals surface area (Å²) in [6.07, 6.45) is 4.91. The molecule has 5 aliphatic rings. The first-order valence-corrected chi connectivity index (χ1v) is 19.4. The minimum atomic E-state index is -0.954. The summed E-state index contributed by atoms with van der Waals surface area (Å²) in [6.45, 7) is 4.31. The van der Waals surface area contributed by atoms with Gasteiger partial charge in [-0.1, -0.05) is 11.6 Å². The molecule has 12 nitrogen and oxygen atoms in total. The summed E-state index contributed by atoms with van der Waals surface area (Å²) in [5, 5.41) is 11.9. The molecule has 4 aliphatic heterocycles. The van der Waals surface area contributed by atoms with Crippen molar-refractivity contribution in [2.45, 2.75) is 70.1 Å². The van der Waals surface area contributed by atoms with Crippen molar-refractivity contribution in [1.82, 2.24) is 20.1 Å². The highest BCUT2D eigenvalue weighted by Gasteiger charge is 2.45. The Hall–Kier alpha value is -5.51. The number of nitriles is 1. The van der Waals surface area contributed by atoms with Gasteiger partial charge in [0.2, 0.25) is 17.7 Å². The Balaban J connectivity index is 0.777. The molecule has 4 aromatic rings. The van der Waals surface area contributed by atoms with Crippen LogP contribution in [0.25, 0.3) is 11.5 Å². The van der Waals surface area contributed by atoms with Crippen LogP contribution in [0.15, 0.2) is 59.0 Å². The lowest BCUT2D eigenvalue weighted by molar-refractivity contribution is -0.136. The number of nitrogens with one attached hydrogen (secondary N) is 1. The molecule has 5 heterocycles. The smallest absolute Gasteiger partial charge is 0.262 e. The standard InChI is InChI=1S/C42H40ClN7O5/c1-47(30-7-4-26(20-44)34(43)18-30)31-8-10-37-35(19-31)45-40(55-37)25-2-5-29(6-3-25)49-14-12-24(13-15-49)21-48-22-27-16-32-33(17-28(27)23-48)42(54)50(41(32)53)36-9-11-38(51)46-39(36)52/h2-7,16-18,24,31,36H,8-15,19,21-23H2,1H3,(H,46,51,52)/t31-,36?/m1/s1. The van der Waals surface area contributed by atoms with Crippen LogP contribution in [0.1, 0.15) is 81.0 Å². The molecule has 13 heteroatoms.